The van der Waals surface area contributed by atoms with Crippen LogP contribution >= 0.6 is 0 Å². The summed E-state index contributed by atoms with van der Waals surface area (Å²) in [4.78, 5) is 39.2. The zero-order chi connectivity index (χ0) is 26.6. The fraction of sp³-hybridized carbons (Fsp3) is 0.300. The minimum Gasteiger partial charge on any atom is -0.484 e. The third kappa shape index (κ3) is 5.70. The molecule has 1 fully saturated rings. The molecule has 0 aliphatic carbocycles. The molecule has 0 radical (unpaired) electrons. The van der Waals surface area contributed by atoms with Gasteiger partial charge >= 0.3 is 0 Å². The van der Waals surface area contributed by atoms with Crippen molar-refractivity contribution in [2.24, 2.45) is 0 Å². The van der Waals surface area contributed by atoms with Crippen LogP contribution in [-0.2, 0) is 9.53 Å². The largest absolute Gasteiger partial charge is 0.484 e. The summed E-state index contributed by atoms with van der Waals surface area (Å²) in [6.07, 6.45) is 1.68. The molecule has 3 aromatic rings. The fourth-order valence-corrected chi connectivity index (χ4v) is 4.53. The molecule has 1 unspecified atom stereocenters. The van der Waals surface area contributed by atoms with Gasteiger partial charge in [-0.25, -0.2) is 0 Å². The zero-order valence-electron chi connectivity index (χ0n) is 21.4. The number of fused-ring (bicyclic) bond motifs is 1. The molecule has 5 rings (SSSR count). The molecule has 0 bridgehead atoms. The SMILES string of the molecule is CC(C)c1ccc(OCC(=O)Nc2ccc(Oc3ccc4c(c3)C(=O)N(CC3CCCO3)C4=O)cc2)cc1. The molecule has 0 spiro atoms. The van der Waals surface area contributed by atoms with Gasteiger partial charge in [0.05, 0.1) is 23.8 Å². The van der Waals surface area contributed by atoms with Crippen LogP contribution in [0.1, 0.15) is 58.9 Å². The first-order valence-corrected chi connectivity index (χ1v) is 12.8. The van der Waals surface area contributed by atoms with Crippen LogP contribution in [0.5, 0.6) is 17.2 Å². The number of carbonyl (C=O) groups excluding carboxylic acids is 3. The number of carbonyl (C=O) groups is 3. The standard InChI is InChI=1S/C30H30N2O6/c1-19(2)20-5-9-22(10-6-20)37-18-28(33)31-21-7-11-23(12-8-21)38-24-13-14-26-27(16-24)30(35)32(29(26)34)17-25-4-3-15-36-25/h5-14,16,19,25H,3-4,15,17-18H2,1-2H3,(H,31,33). The lowest BCUT2D eigenvalue weighted by atomic mass is 10.0. The van der Waals surface area contributed by atoms with Crippen molar-refractivity contribution < 1.29 is 28.6 Å². The quantitative estimate of drug-likeness (QED) is 0.385. The average Bonchev–Trinajstić information content (AvgIpc) is 3.52. The van der Waals surface area contributed by atoms with E-state index in [1.807, 2.05) is 24.3 Å². The Balaban J connectivity index is 1.15. The van der Waals surface area contributed by atoms with Crippen LogP contribution in [0.3, 0.4) is 0 Å². The molecule has 8 heteroatoms. The molecular weight excluding hydrogens is 484 g/mol. The molecule has 2 aliphatic rings. The number of hydrogen-bond donors (Lipinski definition) is 1. The van der Waals surface area contributed by atoms with Crippen LogP contribution in [0.25, 0.3) is 0 Å². The summed E-state index contributed by atoms with van der Waals surface area (Å²) in [6.45, 7) is 5.07. The lowest BCUT2D eigenvalue weighted by Crippen LogP contribution is -2.36. The fourth-order valence-electron chi connectivity index (χ4n) is 4.53. The summed E-state index contributed by atoms with van der Waals surface area (Å²) >= 11 is 0. The van der Waals surface area contributed by atoms with Gasteiger partial charge in [-0.2, -0.15) is 0 Å². The van der Waals surface area contributed by atoms with Gasteiger partial charge < -0.3 is 19.5 Å². The van der Waals surface area contributed by atoms with Gasteiger partial charge in [-0.1, -0.05) is 26.0 Å². The lowest BCUT2D eigenvalue weighted by Gasteiger charge is -2.17. The minimum absolute atomic E-state index is 0.102. The number of rotatable bonds is 9. The smallest absolute Gasteiger partial charge is 0.262 e. The molecule has 1 saturated heterocycles. The Kier molecular flexibility index (Phi) is 7.42. The number of ether oxygens (including phenoxy) is 3. The third-order valence-electron chi connectivity index (χ3n) is 6.64. The monoisotopic (exact) mass is 514 g/mol. The lowest BCUT2D eigenvalue weighted by molar-refractivity contribution is -0.118. The molecule has 0 aromatic heterocycles. The number of amides is 3. The maximum atomic E-state index is 12.9. The molecule has 2 aliphatic heterocycles. The van der Waals surface area contributed by atoms with Crippen molar-refractivity contribution in [3.05, 3.63) is 83.4 Å². The molecule has 3 aromatic carbocycles. The van der Waals surface area contributed by atoms with Gasteiger partial charge in [0.1, 0.15) is 17.2 Å². The Morgan fingerprint density at radius 2 is 1.63 bits per heavy atom. The van der Waals surface area contributed by atoms with Crippen molar-refractivity contribution in [3.63, 3.8) is 0 Å². The first-order chi connectivity index (χ1) is 18.4. The number of hydrogen-bond acceptors (Lipinski definition) is 6. The van der Waals surface area contributed by atoms with E-state index in [2.05, 4.69) is 19.2 Å². The highest BCUT2D eigenvalue weighted by Gasteiger charge is 2.37. The van der Waals surface area contributed by atoms with E-state index in [0.29, 0.717) is 46.6 Å². The molecule has 1 atom stereocenters. The zero-order valence-corrected chi connectivity index (χ0v) is 21.4. The normalized spacial score (nSPS) is 16.6. The van der Waals surface area contributed by atoms with Crippen molar-refractivity contribution in [2.75, 3.05) is 25.1 Å². The van der Waals surface area contributed by atoms with E-state index in [9.17, 15) is 14.4 Å². The van der Waals surface area contributed by atoms with E-state index >= 15 is 0 Å². The third-order valence-corrected chi connectivity index (χ3v) is 6.64. The molecule has 0 saturated carbocycles. The van der Waals surface area contributed by atoms with Crippen LogP contribution in [0.4, 0.5) is 5.69 Å². The number of nitrogens with one attached hydrogen (secondary N) is 1. The topological polar surface area (TPSA) is 94.2 Å². The molecule has 3 amide bonds. The van der Waals surface area contributed by atoms with Gasteiger partial charge in [0.25, 0.3) is 17.7 Å². The first kappa shape index (κ1) is 25.5. The van der Waals surface area contributed by atoms with Crippen molar-refractivity contribution in [1.82, 2.24) is 4.90 Å². The maximum Gasteiger partial charge on any atom is 0.262 e. The highest BCUT2D eigenvalue weighted by Crippen LogP contribution is 2.31. The molecule has 1 N–H and O–H groups in total. The predicted molar refractivity (Wildman–Crippen MR) is 142 cm³/mol. The summed E-state index contributed by atoms with van der Waals surface area (Å²) in [6, 6.07) is 19.4. The highest BCUT2D eigenvalue weighted by atomic mass is 16.5. The van der Waals surface area contributed by atoms with E-state index in [0.717, 1.165) is 12.8 Å². The van der Waals surface area contributed by atoms with E-state index in [-0.39, 0.29) is 37.0 Å². The van der Waals surface area contributed by atoms with Crippen LogP contribution in [0.15, 0.2) is 66.7 Å². The second-order valence-electron chi connectivity index (χ2n) is 9.75. The molecular formula is C30H30N2O6. The van der Waals surface area contributed by atoms with E-state index in [4.69, 9.17) is 14.2 Å². The number of benzene rings is 3. The van der Waals surface area contributed by atoms with Crippen molar-refractivity contribution in [2.45, 2.75) is 38.7 Å². The van der Waals surface area contributed by atoms with E-state index in [1.54, 1.807) is 42.5 Å². The summed E-state index contributed by atoms with van der Waals surface area (Å²) < 4.78 is 17.1. The van der Waals surface area contributed by atoms with Gasteiger partial charge in [0, 0.05) is 12.3 Å². The Morgan fingerprint density at radius 3 is 2.32 bits per heavy atom. The number of imide groups is 1. The molecule has 8 nitrogen and oxygen atoms in total. The molecule has 2 heterocycles. The Labute approximate surface area is 221 Å². The van der Waals surface area contributed by atoms with E-state index < -0.39 is 0 Å². The molecule has 196 valence electrons. The first-order valence-electron chi connectivity index (χ1n) is 12.8. The van der Waals surface area contributed by atoms with Crippen LogP contribution in [0, 0.1) is 0 Å². The van der Waals surface area contributed by atoms with Gasteiger partial charge in [0.2, 0.25) is 0 Å². The van der Waals surface area contributed by atoms with Gasteiger partial charge in [-0.15, -0.1) is 0 Å². The molecule has 38 heavy (non-hydrogen) atoms. The summed E-state index contributed by atoms with van der Waals surface area (Å²) in [5.74, 6) is 1.13. The second-order valence-corrected chi connectivity index (χ2v) is 9.75. The van der Waals surface area contributed by atoms with E-state index in [1.165, 1.54) is 10.5 Å². The van der Waals surface area contributed by atoms with Crippen LogP contribution in [0.2, 0.25) is 0 Å². The maximum absolute atomic E-state index is 12.9. The summed E-state index contributed by atoms with van der Waals surface area (Å²) in [5.41, 5.74) is 2.51. The summed E-state index contributed by atoms with van der Waals surface area (Å²) in [5, 5.41) is 2.79. The minimum atomic E-state index is -0.331. The number of anilines is 1. The highest BCUT2D eigenvalue weighted by molar-refractivity contribution is 6.21. The predicted octanol–water partition coefficient (Wildman–Crippen LogP) is 5.39. The summed E-state index contributed by atoms with van der Waals surface area (Å²) in [7, 11) is 0. The van der Waals surface area contributed by atoms with Gasteiger partial charge in [-0.3, -0.25) is 19.3 Å². The van der Waals surface area contributed by atoms with Crippen molar-refractivity contribution in [3.8, 4) is 17.2 Å². The second kappa shape index (κ2) is 11.1. The van der Waals surface area contributed by atoms with Crippen molar-refractivity contribution in [1.29, 1.82) is 0 Å². The van der Waals surface area contributed by atoms with Crippen molar-refractivity contribution >= 4 is 23.4 Å². The van der Waals surface area contributed by atoms with Gasteiger partial charge in [0.15, 0.2) is 6.61 Å². The van der Waals surface area contributed by atoms with Crippen LogP contribution < -0.4 is 14.8 Å². The Morgan fingerprint density at radius 1 is 0.947 bits per heavy atom. The number of nitrogens with zero attached hydrogens (tertiary/aromatic N) is 1. The Bertz CT molecular complexity index is 1330. The Hall–Kier alpha value is -4.17. The van der Waals surface area contributed by atoms with Crippen LogP contribution in [-0.4, -0.2) is 48.5 Å². The van der Waals surface area contributed by atoms with Gasteiger partial charge in [-0.05, 0) is 78.9 Å². The average molecular weight is 515 g/mol.